The van der Waals surface area contributed by atoms with Crippen molar-refractivity contribution >= 4 is 45.1 Å². The molecule has 2 amide bonds. The lowest BCUT2D eigenvalue weighted by Crippen LogP contribution is -2.50. The maximum atomic E-state index is 12.7. The summed E-state index contributed by atoms with van der Waals surface area (Å²) in [6.07, 6.45) is 7.52. The summed E-state index contributed by atoms with van der Waals surface area (Å²) in [6.45, 7) is 3.30. The highest BCUT2D eigenvalue weighted by atomic mass is 32.2. The molecule has 7 nitrogen and oxygen atoms in total. The number of carbonyl (C=O) groups is 2. The first-order valence-corrected chi connectivity index (χ1v) is 13.2. The first-order chi connectivity index (χ1) is 15.0. The molecular formula is C22H30N4O3S2. The van der Waals surface area contributed by atoms with Gasteiger partial charge in [0.05, 0.1) is 16.9 Å². The Labute approximate surface area is 190 Å². The van der Waals surface area contributed by atoms with E-state index in [4.69, 9.17) is 0 Å². The lowest BCUT2D eigenvalue weighted by Gasteiger charge is -2.33. The Bertz CT molecular complexity index is 1020. The van der Waals surface area contributed by atoms with E-state index in [-0.39, 0.29) is 23.4 Å². The molecular weight excluding hydrogens is 432 g/mol. The van der Waals surface area contributed by atoms with Crippen molar-refractivity contribution in [2.75, 3.05) is 18.8 Å². The number of nitrogens with zero attached hydrogens (tertiary/aromatic N) is 2. The molecule has 1 aliphatic heterocycles. The van der Waals surface area contributed by atoms with Crippen molar-refractivity contribution in [2.24, 2.45) is 0 Å². The van der Waals surface area contributed by atoms with Gasteiger partial charge < -0.3 is 15.2 Å². The molecule has 4 rings (SSSR count). The molecule has 31 heavy (non-hydrogen) atoms. The number of nitrogens with one attached hydrogen (secondary N) is 2. The van der Waals surface area contributed by atoms with Crippen molar-refractivity contribution in [1.82, 2.24) is 20.2 Å². The zero-order valence-corrected chi connectivity index (χ0v) is 19.6. The van der Waals surface area contributed by atoms with Crippen molar-refractivity contribution in [3.05, 3.63) is 26.6 Å². The van der Waals surface area contributed by atoms with Crippen molar-refractivity contribution in [1.29, 1.82) is 0 Å². The van der Waals surface area contributed by atoms with Gasteiger partial charge in [0.2, 0.25) is 11.8 Å². The Kier molecular flexibility index (Phi) is 7.32. The summed E-state index contributed by atoms with van der Waals surface area (Å²) in [5, 5.41) is 3.81. The molecule has 0 aromatic carbocycles. The summed E-state index contributed by atoms with van der Waals surface area (Å²) < 4.78 is 0. The number of fused-ring (bicyclic) bond motifs is 3. The van der Waals surface area contributed by atoms with Gasteiger partial charge >= 0.3 is 0 Å². The monoisotopic (exact) mass is 462 g/mol. The van der Waals surface area contributed by atoms with E-state index in [0.717, 1.165) is 55.3 Å². The van der Waals surface area contributed by atoms with Gasteiger partial charge in [0.1, 0.15) is 10.7 Å². The van der Waals surface area contributed by atoms with E-state index >= 15 is 0 Å². The Hall–Kier alpha value is -1.87. The fraction of sp³-hybridized carbons (Fsp3) is 0.636. The summed E-state index contributed by atoms with van der Waals surface area (Å²) in [6, 6.07) is 0.0482. The highest BCUT2D eigenvalue weighted by Gasteiger charge is 2.25. The van der Waals surface area contributed by atoms with E-state index in [9.17, 15) is 14.4 Å². The van der Waals surface area contributed by atoms with Crippen LogP contribution in [-0.4, -0.2) is 51.6 Å². The quantitative estimate of drug-likeness (QED) is 0.660. The zero-order chi connectivity index (χ0) is 21.8. The van der Waals surface area contributed by atoms with Crippen LogP contribution in [0.3, 0.4) is 0 Å². The van der Waals surface area contributed by atoms with Crippen LogP contribution in [0.1, 0.15) is 61.7 Å². The number of hydrogen-bond donors (Lipinski definition) is 2. The molecule has 2 N–H and O–H groups in total. The first-order valence-electron chi connectivity index (χ1n) is 11.2. The predicted molar refractivity (Wildman–Crippen MR) is 126 cm³/mol. The van der Waals surface area contributed by atoms with Gasteiger partial charge in [0.15, 0.2) is 0 Å². The summed E-state index contributed by atoms with van der Waals surface area (Å²) >= 11 is 3.13. The van der Waals surface area contributed by atoms with Crippen molar-refractivity contribution in [3.63, 3.8) is 0 Å². The van der Waals surface area contributed by atoms with Crippen LogP contribution in [0.15, 0.2) is 4.79 Å². The van der Waals surface area contributed by atoms with E-state index in [1.54, 1.807) is 11.3 Å². The molecule has 2 aromatic heterocycles. The largest absolute Gasteiger partial charge is 0.352 e. The third kappa shape index (κ3) is 5.31. The molecule has 1 aliphatic carbocycles. The summed E-state index contributed by atoms with van der Waals surface area (Å²) in [7, 11) is 0. The number of likely N-dealkylation sites (tertiary alicyclic amines) is 1. The summed E-state index contributed by atoms with van der Waals surface area (Å²) in [5.74, 6) is 1.63. The molecule has 2 aromatic rings. The maximum absolute atomic E-state index is 12.7. The van der Waals surface area contributed by atoms with Crippen molar-refractivity contribution < 1.29 is 9.59 Å². The Morgan fingerprint density at radius 1 is 1.29 bits per heavy atom. The number of aryl methyl sites for hydroxylation is 2. The molecule has 0 radical (unpaired) electrons. The number of thioether (sulfide) groups is 1. The third-order valence-corrected chi connectivity index (χ3v) is 8.07. The Balaban J connectivity index is 1.31. The van der Waals surface area contributed by atoms with Crippen LogP contribution in [-0.2, 0) is 28.2 Å². The second-order valence-corrected chi connectivity index (χ2v) is 10.5. The molecule has 9 heteroatoms. The van der Waals surface area contributed by atoms with Gasteiger partial charge in [0, 0.05) is 30.4 Å². The standard InChI is InChI=1S/C22H30N4O3S2/c1-2-6-18(27)23-14-7-5-10-26(11-14)19(28)13-30-12-17-24-21(29)20-15-8-3-4-9-16(15)31-22(20)25-17/h14H,2-13H2,1H3,(H,23,27)(H,24,25,29). The number of carbonyl (C=O) groups excluding carboxylic acids is 2. The van der Waals surface area contributed by atoms with E-state index in [1.807, 2.05) is 11.8 Å². The highest BCUT2D eigenvalue weighted by molar-refractivity contribution is 7.99. The molecule has 1 atom stereocenters. The Morgan fingerprint density at radius 2 is 2.13 bits per heavy atom. The van der Waals surface area contributed by atoms with Gasteiger partial charge in [-0.25, -0.2) is 4.98 Å². The number of hydrogen-bond acceptors (Lipinski definition) is 6. The number of rotatable bonds is 7. The van der Waals surface area contributed by atoms with Gasteiger partial charge in [-0.3, -0.25) is 14.4 Å². The van der Waals surface area contributed by atoms with Gasteiger partial charge in [-0.2, -0.15) is 0 Å². The highest BCUT2D eigenvalue weighted by Crippen LogP contribution is 2.33. The smallest absolute Gasteiger partial charge is 0.259 e. The molecule has 1 saturated heterocycles. The van der Waals surface area contributed by atoms with Crippen LogP contribution in [0.2, 0.25) is 0 Å². The molecule has 3 heterocycles. The van der Waals surface area contributed by atoms with E-state index in [1.165, 1.54) is 28.6 Å². The fourth-order valence-electron chi connectivity index (χ4n) is 4.45. The average Bonchev–Trinajstić information content (AvgIpc) is 3.13. The van der Waals surface area contributed by atoms with E-state index in [0.29, 0.717) is 30.3 Å². The van der Waals surface area contributed by atoms with Crippen molar-refractivity contribution in [2.45, 2.75) is 70.1 Å². The van der Waals surface area contributed by atoms with Crippen LogP contribution in [0.5, 0.6) is 0 Å². The minimum absolute atomic E-state index is 0.0481. The van der Waals surface area contributed by atoms with Crippen LogP contribution in [0.25, 0.3) is 10.2 Å². The van der Waals surface area contributed by atoms with E-state index in [2.05, 4.69) is 15.3 Å². The molecule has 0 saturated carbocycles. The van der Waals surface area contributed by atoms with Crippen LogP contribution < -0.4 is 10.9 Å². The average molecular weight is 463 g/mol. The summed E-state index contributed by atoms with van der Waals surface area (Å²) in [5.41, 5.74) is 1.15. The van der Waals surface area contributed by atoms with Gasteiger partial charge in [-0.1, -0.05) is 6.92 Å². The van der Waals surface area contributed by atoms with Gasteiger partial charge in [-0.05, 0) is 50.5 Å². The fourth-order valence-corrected chi connectivity index (χ4v) is 6.52. The number of piperidine rings is 1. The first kappa shape index (κ1) is 22.3. The second kappa shape index (κ2) is 10.2. The van der Waals surface area contributed by atoms with Gasteiger partial charge in [-0.15, -0.1) is 23.1 Å². The van der Waals surface area contributed by atoms with Crippen molar-refractivity contribution in [3.8, 4) is 0 Å². The molecule has 2 aliphatic rings. The number of aromatic amines is 1. The third-order valence-electron chi connectivity index (χ3n) is 5.95. The molecule has 1 unspecified atom stereocenters. The molecule has 0 spiro atoms. The number of amides is 2. The number of aromatic nitrogens is 2. The van der Waals surface area contributed by atoms with Crippen LogP contribution >= 0.6 is 23.1 Å². The molecule has 168 valence electrons. The SMILES string of the molecule is CCCC(=O)NC1CCCN(C(=O)CSCc2nc3sc4c(c3c(=O)[nH]2)CCCC4)C1. The van der Waals surface area contributed by atoms with E-state index < -0.39 is 0 Å². The topological polar surface area (TPSA) is 95.2 Å². The normalized spacial score (nSPS) is 18.7. The lowest BCUT2D eigenvalue weighted by atomic mass is 9.97. The lowest BCUT2D eigenvalue weighted by molar-refractivity contribution is -0.131. The minimum Gasteiger partial charge on any atom is -0.352 e. The molecule has 1 fully saturated rings. The van der Waals surface area contributed by atoms with Gasteiger partial charge in [0.25, 0.3) is 5.56 Å². The second-order valence-electron chi connectivity index (χ2n) is 8.39. The summed E-state index contributed by atoms with van der Waals surface area (Å²) in [4.78, 5) is 48.7. The minimum atomic E-state index is -0.0481. The Morgan fingerprint density at radius 3 is 2.97 bits per heavy atom. The predicted octanol–water partition coefficient (Wildman–Crippen LogP) is 3.00. The van der Waals surface area contributed by atoms with Crippen LogP contribution in [0.4, 0.5) is 0 Å². The maximum Gasteiger partial charge on any atom is 0.259 e. The molecule has 0 bridgehead atoms. The zero-order valence-electron chi connectivity index (χ0n) is 18.0. The number of H-pyrrole nitrogens is 1. The number of thiophene rings is 1. The van der Waals surface area contributed by atoms with Crippen LogP contribution in [0, 0.1) is 0 Å².